The number of hydrazone groups is 1. The SMILES string of the molecule is O=S(=O)(c1ccc(Cl)cc1)N1CCN(C2NN=C(c3ccccc3)c3ccccc32)CC1. The van der Waals surface area contributed by atoms with Gasteiger partial charge in [-0.2, -0.15) is 9.41 Å². The van der Waals surface area contributed by atoms with Crippen molar-refractivity contribution in [3.05, 3.63) is 101 Å². The van der Waals surface area contributed by atoms with Gasteiger partial charge in [-0.25, -0.2) is 8.42 Å². The number of hydrogen-bond donors (Lipinski definition) is 1. The number of piperazine rings is 1. The number of nitrogens with one attached hydrogen (secondary N) is 1. The van der Waals surface area contributed by atoms with Gasteiger partial charge in [0.15, 0.2) is 0 Å². The van der Waals surface area contributed by atoms with E-state index in [4.69, 9.17) is 16.7 Å². The van der Waals surface area contributed by atoms with E-state index in [-0.39, 0.29) is 11.1 Å². The van der Waals surface area contributed by atoms with Crippen molar-refractivity contribution in [2.75, 3.05) is 26.2 Å². The molecule has 1 fully saturated rings. The fourth-order valence-electron chi connectivity index (χ4n) is 4.26. The van der Waals surface area contributed by atoms with Gasteiger partial charge < -0.3 is 0 Å². The summed E-state index contributed by atoms with van der Waals surface area (Å²) in [5.41, 5.74) is 7.54. The Bertz CT molecular complexity index is 1240. The summed E-state index contributed by atoms with van der Waals surface area (Å²) in [6.45, 7) is 2.05. The van der Waals surface area contributed by atoms with Crippen LogP contribution in [-0.2, 0) is 10.0 Å². The zero-order valence-electron chi connectivity index (χ0n) is 17.4. The maximum absolute atomic E-state index is 13.0. The van der Waals surface area contributed by atoms with E-state index in [1.807, 2.05) is 30.3 Å². The molecule has 8 heteroatoms. The quantitative estimate of drug-likeness (QED) is 0.636. The predicted molar refractivity (Wildman–Crippen MR) is 126 cm³/mol. The van der Waals surface area contributed by atoms with Gasteiger partial charge in [0.2, 0.25) is 10.0 Å². The number of sulfonamides is 1. The van der Waals surface area contributed by atoms with Crippen molar-refractivity contribution in [1.82, 2.24) is 14.6 Å². The largest absolute Gasteiger partial charge is 0.288 e. The summed E-state index contributed by atoms with van der Waals surface area (Å²) >= 11 is 5.91. The minimum Gasteiger partial charge on any atom is -0.288 e. The standard InChI is InChI=1S/C24H23ClN4O2S/c25-19-10-12-20(13-11-19)32(30,31)29-16-14-28(15-17-29)24-22-9-5-4-8-21(22)23(26-27-24)18-6-2-1-3-7-18/h1-13,24,27H,14-17H2. The molecule has 6 nitrogen and oxygen atoms in total. The van der Waals surface area contributed by atoms with Crippen LogP contribution in [0, 0.1) is 0 Å². The maximum Gasteiger partial charge on any atom is 0.243 e. The Morgan fingerprint density at radius 1 is 0.844 bits per heavy atom. The Balaban J connectivity index is 1.34. The van der Waals surface area contributed by atoms with Crippen LogP contribution in [0.5, 0.6) is 0 Å². The van der Waals surface area contributed by atoms with Gasteiger partial charge in [-0.05, 0) is 29.8 Å². The third-order valence-corrected chi connectivity index (χ3v) is 8.11. The highest BCUT2D eigenvalue weighted by molar-refractivity contribution is 7.89. The Labute approximate surface area is 193 Å². The second kappa shape index (κ2) is 8.67. The molecule has 5 rings (SSSR count). The summed E-state index contributed by atoms with van der Waals surface area (Å²) in [6, 6.07) is 24.7. The van der Waals surface area contributed by atoms with Crippen LogP contribution in [0.1, 0.15) is 22.9 Å². The first-order chi connectivity index (χ1) is 15.5. The average Bonchev–Trinajstić information content (AvgIpc) is 2.84. The second-order valence-electron chi connectivity index (χ2n) is 7.84. The molecule has 0 amide bonds. The molecule has 2 heterocycles. The molecule has 0 saturated carbocycles. The van der Waals surface area contributed by atoms with E-state index in [9.17, 15) is 8.42 Å². The molecule has 0 aromatic heterocycles. The topological polar surface area (TPSA) is 65.0 Å². The van der Waals surface area contributed by atoms with E-state index < -0.39 is 10.0 Å². The summed E-state index contributed by atoms with van der Waals surface area (Å²) in [5.74, 6) is 0. The highest BCUT2D eigenvalue weighted by Gasteiger charge is 2.34. The zero-order valence-corrected chi connectivity index (χ0v) is 18.9. The lowest BCUT2D eigenvalue weighted by Crippen LogP contribution is -2.52. The molecule has 2 aliphatic heterocycles. The number of halogens is 1. The van der Waals surface area contributed by atoms with E-state index in [1.54, 1.807) is 28.6 Å². The second-order valence-corrected chi connectivity index (χ2v) is 10.2. The molecule has 0 radical (unpaired) electrons. The van der Waals surface area contributed by atoms with Gasteiger partial charge in [-0.15, -0.1) is 0 Å². The van der Waals surface area contributed by atoms with Crippen LogP contribution in [0.25, 0.3) is 0 Å². The van der Waals surface area contributed by atoms with Gasteiger partial charge in [0.1, 0.15) is 6.17 Å². The molecular formula is C24H23ClN4O2S. The third-order valence-electron chi connectivity index (χ3n) is 5.95. The fraction of sp³-hybridized carbons (Fsp3) is 0.208. The maximum atomic E-state index is 13.0. The molecule has 2 aliphatic rings. The third kappa shape index (κ3) is 3.93. The summed E-state index contributed by atoms with van der Waals surface area (Å²) in [4.78, 5) is 2.52. The van der Waals surface area contributed by atoms with Crippen molar-refractivity contribution in [3.8, 4) is 0 Å². The number of fused-ring (bicyclic) bond motifs is 1. The number of hydrogen-bond acceptors (Lipinski definition) is 5. The summed E-state index contributed by atoms with van der Waals surface area (Å²) in [6.07, 6.45) is -0.0981. The molecule has 0 bridgehead atoms. The van der Waals surface area contributed by atoms with Crippen molar-refractivity contribution < 1.29 is 8.42 Å². The highest BCUT2D eigenvalue weighted by Crippen LogP contribution is 2.30. The van der Waals surface area contributed by atoms with Crippen LogP contribution in [0.4, 0.5) is 0 Å². The molecular weight excluding hydrogens is 444 g/mol. The van der Waals surface area contributed by atoms with Gasteiger partial charge in [0.05, 0.1) is 10.6 Å². The van der Waals surface area contributed by atoms with E-state index in [0.717, 1.165) is 22.4 Å². The predicted octanol–water partition coefficient (Wildman–Crippen LogP) is 3.70. The lowest BCUT2D eigenvalue weighted by Gasteiger charge is -2.40. The molecule has 1 saturated heterocycles. The van der Waals surface area contributed by atoms with Crippen LogP contribution < -0.4 is 5.43 Å². The zero-order chi connectivity index (χ0) is 22.1. The minimum atomic E-state index is -3.54. The van der Waals surface area contributed by atoms with Gasteiger partial charge in [-0.3, -0.25) is 10.3 Å². The van der Waals surface area contributed by atoms with Crippen LogP contribution in [0.15, 0.2) is 88.9 Å². The summed E-state index contributed by atoms with van der Waals surface area (Å²) in [5, 5.41) is 5.22. The van der Waals surface area contributed by atoms with Gasteiger partial charge in [-0.1, -0.05) is 66.2 Å². The summed E-state index contributed by atoms with van der Waals surface area (Å²) < 4.78 is 27.6. The molecule has 3 aromatic carbocycles. The monoisotopic (exact) mass is 466 g/mol. The van der Waals surface area contributed by atoms with Crippen molar-refractivity contribution in [3.63, 3.8) is 0 Å². The van der Waals surface area contributed by atoms with E-state index in [1.165, 1.54) is 0 Å². The van der Waals surface area contributed by atoms with Crippen molar-refractivity contribution in [1.29, 1.82) is 0 Å². The molecule has 3 aromatic rings. The normalized spacial score (nSPS) is 19.7. The van der Waals surface area contributed by atoms with Gasteiger partial charge >= 0.3 is 0 Å². The highest BCUT2D eigenvalue weighted by atomic mass is 35.5. The molecule has 32 heavy (non-hydrogen) atoms. The lowest BCUT2D eigenvalue weighted by atomic mass is 9.94. The first-order valence-corrected chi connectivity index (χ1v) is 12.3. The van der Waals surface area contributed by atoms with Crippen molar-refractivity contribution >= 4 is 27.3 Å². The van der Waals surface area contributed by atoms with Crippen LogP contribution in [0.2, 0.25) is 5.02 Å². The fourth-order valence-corrected chi connectivity index (χ4v) is 5.81. The average molecular weight is 467 g/mol. The minimum absolute atomic E-state index is 0.0981. The van der Waals surface area contributed by atoms with Crippen LogP contribution in [0.3, 0.4) is 0 Å². The Morgan fingerprint density at radius 3 is 2.22 bits per heavy atom. The molecule has 1 N–H and O–H groups in total. The lowest BCUT2D eigenvalue weighted by molar-refractivity contribution is 0.115. The Hall–Kier alpha value is -2.71. The van der Waals surface area contributed by atoms with E-state index >= 15 is 0 Å². The number of rotatable bonds is 4. The molecule has 164 valence electrons. The van der Waals surface area contributed by atoms with Crippen LogP contribution >= 0.6 is 11.6 Å². The molecule has 1 unspecified atom stereocenters. The Kier molecular flexibility index (Phi) is 5.73. The van der Waals surface area contributed by atoms with Gasteiger partial charge in [0.25, 0.3) is 0 Å². The van der Waals surface area contributed by atoms with E-state index in [2.05, 4.69) is 34.6 Å². The summed E-state index contributed by atoms with van der Waals surface area (Å²) in [7, 11) is -3.54. The molecule has 0 aliphatic carbocycles. The van der Waals surface area contributed by atoms with Crippen LogP contribution in [-0.4, -0.2) is 49.5 Å². The molecule has 0 spiro atoms. The Morgan fingerprint density at radius 2 is 1.50 bits per heavy atom. The smallest absolute Gasteiger partial charge is 0.243 e. The van der Waals surface area contributed by atoms with E-state index in [0.29, 0.717) is 31.2 Å². The first-order valence-electron chi connectivity index (χ1n) is 10.5. The van der Waals surface area contributed by atoms with Crippen molar-refractivity contribution in [2.45, 2.75) is 11.1 Å². The van der Waals surface area contributed by atoms with Crippen molar-refractivity contribution in [2.24, 2.45) is 5.10 Å². The van der Waals surface area contributed by atoms with Gasteiger partial charge in [0, 0.05) is 42.3 Å². The molecule has 1 atom stereocenters. The number of nitrogens with zero attached hydrogens (tertiary/aromatic N) is 3. The first kappa shape index (κ1) is 21.2. The number of benzene rings is 3.